The Morgan fingerprint density at radius 1 is 1.17 bits per heavy atom. The van der Waals surface area contributed by atoms with Crippen molar-refractivity contribution >= 4 is 34.8 Å². The fraction of sp³-hybridized carbons (Fsp3) is 0.278. The summed E-state index contributed by atoms with van der Waals surface area (Å²) in [6, 6.07) is 12.7. The first kappa shape index (κ1) is 17.6. The molecule has 0 heterocycles. The molecule has 3 nitrogen and oxygen atoms in total. The van der Waals surface area contributed by atoms with Crippen LogP contribution in [0.25, 0.3) is 0 Å². The molecular formula is C18H19Cl2NO2. The Kier molecular flexibility index (Phi) is 6.31. The lowest BCUT2D eigenvalue weighted by atomic mass is 9.99. The molecule has 0 aromatic heterocycles. The highest BCUT2D eigenvalue weighted by Gasteiger charge is 2.08. The molecule has 0 radical (unpaired) electrons. The molecule has 0 unspecified atom stereocenters. The zero-order chi connectivity index (χ0) is 16.8. The van der Waals surface area contributed by atoms with Gasteiger partial charge < -0.3 is 10.1 Å². The quantitative estimate of drug-likeness (QED) is 0.743. The van der Waals surface area contributed by atoms with Crippen LogP contribution >= 0.6 is 23.2 Å². The van der Waals surface area contributed by atoms with Crippen LogP contribution in [0, 0.1) is 0 Å². The first-order chi connectivity index (χ1) is 11.0. The van der Waals surface area contributed by atoms with Crippen LogP contribution in [0.15, 0.2) is 42.5 Å². The Bertz CT molecular complexity index is 671. The van der Waals surface area contributed by atoms with Gasteiger partial charge in [-0.25, -0.2) is 0 Å². The summed E-state index contributed by atoms with van der Waals surface area (Å²) >= 11 is 11.8. The molecule has 122 valence electrons. The zero-order valence-corrected chi connectivity index (χ0v) is 14.6. The SMILES string of the molecule is CC[C@@H](C)c1ccc(NC(=O)COc2ccc(Cl)cc2Cl)cc1. The van der Waals surface area contributed by atoms with Crippen molar-refractivity contribution in [2.45, 2.75) is 26.2 Å². The van der Waals surface area contributed by atoms with E-state index in [2.05, 4.69) is 19.2 Å². The highest BCUT2D eigenvalue weighted by molar-refractivity contribution is 6.35. The lowest BCUT2D eigenvalue weighted by Crippen LogP contribution is -2.20. The molecular weight excluding hydrogens is 333 g/mol. The molecule has 0 spiro atoms. The van der Waals surface area contributed by atoms with E-state index in [1.54, 1.807) is 18.2 Å². The molecule has 23 heavy (non-hydrogen) atoms. The lowest BCUT2D eigenvalue weighted by Gasteiger charge is -2.11. The lowest BCUT2D eigenvalue weighted by molar-refractivity contribution is -0.118. The number of ether oxygens (including phenoxy) is 1. The van der Waals surface area contributed by atoms with Crippen molar-refractivity contribution in [3.05, 3.63) is 58.1 Å². The number of carbonyl (C=O) groups excluding carboxylic acids is 1. The predicted octanol–water partition coefficient (Wildman–Crippen LogP) is 5.52. The maximum Gasteiger partial charge on any atom is 0.262 e. The van der Waals surface area contributed by atoms with E-state index in [1.165, 1.54) is 5.56 Å². The van der Waals surface area contributed by atoms with Crippen molar-refractivity contribution in [3.8, 4) is 5.75 Å². The molecule has 0 fully saturated rings. The summed E-state index contributed by atoms with van der Waals surface area (Å²) in [6.07, 6.45) is 1.08. The van der Waals surface area contributed by atoms with Gasteiger partial charge in [-0.2, -0.15) is 0 Å². The fourth-order valence-electron chi connectivity index (χ4n) is 2.06. The molecule has 0 aliphatic carbocycles. The van der Waals surface area contributed by atoms with Crippen LogP contribution in [0.3, 0.4) is 0 Å². The van der Waals surface area contributed by atoms with Crippen molar-refractivity contribution in [1.29, 1.82) is 0 Å². The first-order valence-electron chi connectivity index (χ1n) is 7.47. The third-order valence-corrected chi connectivity index (χ3v) is 4.16. The monoisotopic (exact) mass is 351 g/mol. The van der Waals surface area contributed by atoms with E-state index in [0.29, 0.717) is 21.7 Å². The maximum absolute atomic E-state index is 11.9. The molecule has 1 amide bonds. The molecule has 2 rings (SSSR count). The minimum absolute atomic E-state index is 0.117. The molecule has 1 atom stereocenters. The topological polar surface area (TPSA) is 38.3 Å². The average Bonchev–Trinajstić information content (AvgIpc) is 2.54. The van der Waals surface area contributed by atoms with E-state index in [4.69, 9.17) is 27.9 Å². The summed E-state index contributed by atoms with van der Waals surface area (Å²) in [5.41, 5.74) is 2.00. The second-order valence-corrected chi connectivity index (χ2v) is 6.19. The minimum atomic E-state index is -0.243. The van der Waals surface area contributed by atoms with Gasteiger partial charge in [0.25, 0.3) is 5.91 Å². The van der Waals surface area contributed by atoms with Crippen LogP contribution in [0.4, 0.5) is 5.69 Å². The number of benzene rings is 2. The standard InChI is InChI=1S/C18H19Cl2NO2/c1-3-12(2)13-4-7-15(8-5-13)21-18(22)11-23-17-9-6-14(19)10-16(17)20/h4-10,12H,3,11H2,1-2H3,(H,21,22)/t12-/m1/s1. The largest absolute Gasteiger partial charge is 0.482 e. The van der Waals surface area contributed by atoms with E-state index >= 15 is 0 Å². The van der Waals surface area contributed by atoms with Crippen molar-refractivity contribution in [3.63, 3.8) is 0 Å². The van der Waals surface area contributed by atoms with Crippen molar-refractivity contribution in [2.24, 2.45) is 0 Å². The van der Waals surface area contributed by atoms with Gasteiger partial charge in [0.2, 0.25) is 0 Å². The highest BCUT2D eigenvalue weighted by Crippen LogP contribution is 2.27. The number of amides is 1. The molecule has 2 aromatic rings. The summed E-state index contributed by atoms with van der Waals surface area (Å²) < 4.78 is 5.40. The fourth-order valence-corrected chi connectivity index (χ4v) is 2.53. The third kappa shape index (κ3) is 5.15. The van der Waals surface area contributed by atoms with Crippen LogP contribution in [0.2, 0.25) is 10.0 Å². The van der Waals surface area contributed by atoms with Gasteiger partial charge in [0.05, 0.1) is 5.02 Å². The second-order valence-electron chi connectivity index (χ2n) is 5.34. The average molecular weight is 352 g/mol. The van der Waals surface area contributed by atoms with E-state index in [1.807, 2.05) is 24.3 Å². The Hall–Kier alpha value is -1.71. The van der Waals surface area contributed by atoms with Crippen LogP contribution < -0.4 is 10.1 Å². The number of anilines is 1. The Morgan fingerprint density at radius 3 is 2.48 bits per heavy atom. The van der Waals surface area contributed by atoms with Gasteiger partial charge in [0.1, 0.15) is 5.75 Å². The van der Waals surface area contributed by atoms with Crippen LogP contribution in [-0.2, 0) is 4.79 Å². The molecule has 1 N–H and O–H groups in total. The Morgan fingerprint density at radius 2 is 1.87 bits per heavy atom. The summed E-state index contributed by atoms with van der Waals surface area (Å²) in [5.74, 6) is 0.695. The van der Waals surface area contributed by atoms with E-state index < -0.39 is 0 Å². The first-order valence-corrected chi connectivity index (χ1v) is 8.23. The molecule has 0 aliphatic rings. The number of halogens is 2. The predicted molar refractivity (Wildman–Crippen MR) is 95.7 cm³/mol. The number of nitrogens with one attached hydrogen (secondary N) is 1. The van der Waals surface area contributed by atoms with E-state index in [9.17, 15) is 4.79 Å². The molecule has 0 aliphatic heterocycles. The number of hydrogen-bond acceptors (Lipinski definition) is 2. The summed E-state index contributed by atoms with van der Waals surface area (Å²) in [4.78, 5) is 11.9. The van der Waals surface area contributed by atoms with Gasteiger partial charge in [0.15, 0.2) is 6.61 Å². The number of hydrogen-bond donors (Lipinski definition) is 1. The van der Waals surface area contributed by atoms with Crippen molar-refractivity contribution in [2.75, 3.05) is 11.9 Å². The van der Waals surface area contributed by atoms with Crippen LogP contribution in [0.1, 0.15) is 31.7 Å². The Balaban J connectivity index is 1.89. The number of rotatable bonds is 6. The molecule has 5 heteroatoms. The summed E-state index contributed by atoms with van der Waals surface area (Å²) in [7, 11) is 0. The summed E-state index contributed by atoms with van der Waals surface area (Å²) in [5, 5.41) is 3.69. The Labute approximate surface area is 146 Å². The highest BCUT2D eigenvalue weighted by atomic mass is 35.5. The van der Waals surface area contributed by atoms with Gasteiger partial charge >= 0.3 is 0 Å². The van der Waals surface area contributed by atoms with Gasteiger partial charge in [-0.05, 0) is 48.2 Å². The number of carbonyl (C=O) groups is 1. The van der Waals surface area contributed by atoms with Crippen molar-refractivity contribution < 1.29 is 9.53 Å². The van der Waals surface area contributed by atoms with Gasteiger partial charge in [-0.1, -0.05) is 49.2 Å². The van der Waals surface area contributed by atoms with Crippen molar-refractivity contribution in [1.82, 2.24) is 0 Å². The van der Waals surface area contributed by atoms with Crippen LogP contribution in [0.5, 0.6) is 5.75 Å². The zero-order valence-electron chi connectivity index (χ0n) is 13.1. The van der Waals surface area contributed by atoms with E-state index in [0.717, 1.165) is 12.1 Å². The molecule has 2 aromatic carbocycles. The van der Waals surface area contributed by atoms with E-state index in [-0.39, 0.29) is 12.5 Å². The maximum atomic E-state index is 11.9. The third-order valence-electron chi connectivity index (χ3n) is 3.63. The molecule has 0 bridgehead atoms. The minimum Gasteiger partial charge on any atom is -0.482 e. The molecule has 0 saturated carbocycles. The van der Waals surface area contributed by atoms with Gasteiger partial charge in [-0.3, -0.25) is 4.79 Å². The normalized spacial score (nSPS) is 11.8. The second kappa shape index (κ2) is 8.23. The summed E-state index contributed by atoms with van der Waals surface area (Å²) in [6.45, 7) is 4.21. The van der Waals surface area contributed by atoms with Gasteiger partial charge in [-0.15, -0.1) is 0 Å². The smallest absolute Gasteiger partial charge is 0.262 e. The van der Waals surface area contributed by atoms with Gasteiger partial charge in [0, 0.05) is 10.7 Å². The van der Waals surface area contributed by atoms with Crippen LogP contribution in [-0.4, -0.2) is 12.5 Å². The molecule has 0 saturated heterocycles.